The number of Topliss-reactive ketones (excluding diaryl/α,β-unsaturated/α-hetero) is 2. The normalized spacial score (nSPS) is 22.6. The fraction of sp³-hybridized carbons (Fsp3) is 0.389. The van der Waals surface area contributed by atoms with Gasteiger partial charge in [0.2, 0.25) is 5.79 Å². The molecule has 1 aliphatic carbocycles. The van der Waals surface area contributed by atoms with E-state index in [1.807, 2.05) is 19.9 Å². The number of terminal acetylenes is 1. The Labute approximate surface area is 744 Å². The van der Waals surface area contributed by atoms with Gasteiger partial charge in [0, 0.05) is 258 Å². The van der Waals surface area contributed by atoms with E-state index in [2.05, 4.69) is 315 Å². The lowest BCUT2D eigenvalue weighted by atomic mass is 9.81. The molecule has 0 spiro atoms. The Balaban J connectivity index is -0.0000000500. The van der Waals surface area contributed by atoms with Crippen molar-refractivity contribution < 1.29 is 185 Å². The third kappa shape index (κ3) is 45.1. The molecule has 2 bridgehead atoms. The SMILES string of the molecule is C#CC#CC#CC#CC#CC#CC#CC#CC#CC#CC#CC#CC#CC#CC#CC#CC#CC#CC#CC#CC#CC#CC.CO[C@H]1C[C@@H](C)C/C(C)=C/[C@@H](C/C=C/C(=O)O)C(=O)C[C@H](O)[C@@H](C)[C@@H](/C(C)=C/[C@@H]2CC[C@@H](O)[C@H](OC)C2)OC(=O)[C@@H]2CCCCN2C(=O)C(=O)[C@]2(O)O[C@H]1[C@@H](OC)C[C@H]2C.OOOOOOONOOOOOOO.[HH].[HH].[HH].[HH].[HH].[HH].[HH].[HH].[HH].[HH].[HH].[HH].[HH].[HH].[HH].[HH].[HH].[HH].[HH].[HH].[HH].[HH].[HH].[HH].[HH].[HH].[HH].[HH].[HH].[HH].[HH].[HH]. The van der Waals surface area contributed by atoms with Crippen LogP contribution in [0.3, 0.4) is 0 Å². The summed E-state index contributed by atoms with van der Waals surface area (Å²) in [5.41, 5.74) is 2.80. The molecule has 3 aliphatic heterocycles. The molecule has 30 heteroatoms. The molecule has 0 aromatic rings. The van der Waals surface area contributed by atoms with E-state index in [0.29, 0.717) is 50.5 Å². The molecule has 2 saturated heterocycles. The van der Waals surface area contributed by atoms with Gasteiger partial charge in [-0.3, -0.25) is 14.4 Å². The molecule has 14 atom stereocenters. The molecule has 0 aromatic heterocycles. The van der Waals surface area contributed by atoms with Gasteiger partial charge in [-0.25, -0.2) is 20.1 Å². The van der Waals surface area contributed by atoms with Gasteiger partial charge in [0.1, 0.15) is 24.0 Å². The average molecular weight is 1700 g/mol. The quantitative estimate of drug-likeness (QED) is 0.00870. The fourth-order valence-electron chi connectivity index (χ4n) is 11.0. The van der Waals surface area contributed by atoms with Crippen LogP contribution in [0.2, 0.25) is 0 Å². The minimum Gasteiger partial charge on any atom is -0.478 e. The summed E-state index contributed by atoms with van der Waals surface area (Å²) in [5.74, 6) is 97.1. The molecular weight excluding hydrogens is 1560 g/mol. The number of piperidine rings is 1. The Bertz CT molecular complexity index is 5270. The first kappa shape index (κ1) is 102. The summed E-state index contributed by atoms with van der Waals surface area (Å²) in [6.45, 7) is 10.6. The Hall–Kier alpha value is -13.6. The number of aliphatic carboxylic acids is 1. The van der Waals surface area contributed by atoms with Gasteiger partial charge in [0.15, 0.2) is 0 Å². The first-order chi connectivity index (χ1) is 58.2. The van der Waals surface area contributed by atoms with Crippen molar-refractivity contribution in [3.63, 3.8) is 0 Å². The summed E-state index contributed by atoms with van der Waals surface area (Å²) in [6, 6.07) is -1.19. The number of fused-ring (bicyclic) bond motifs is 3. The number of carboxylic acids is 1. The number of amides is 1. The lowest BCUT2D eigenvalue weighted by Gasteiger charge is -2.47. The zero-order valence-corrected chi connectivity index (χ0v) is 66.0. The van der Waals surface area contributed by atoms with Crippen molar-refractivity contribution in [1.29, 1.82) is 0 Å². The lowest BCUT2D eigenvalue weighted by molar-refractivity contribution is -0.816. The number of nitrogens with zero attached hydrogens (tertiary/aromatic N) is 1. The number of allylic oxidation sites excluding steroid dienone is 4. The molecule has 4 rings (SSSR count). The van der Waals surface area contributed by atoms with E-state index in [4.69, 9.17) is 40.6 Å². The lowest BCUT2D eigenvalue weighted by Crippen LogP contribution is -2.64. The van der Waals surface area contributed by atoms with E-state index in [9.17, 15) is 44.4 Å². The number of cyclic esters (lactones) is 1. The van der Waals surface area contributed by atoms with Crippen LogP contribution in [0.15, 0.2) is 35.5 Å². The Morgan fingerprint density at radius 2 is 1.00 bits per heavy atom. The zero-order chi connectivity index (χ0) is 88.1. The van der Waals surface area contributed by atoms with Crippen LogP contribution < -0.4 is 5.64 Å². The number of aliphatic hydroxyl groups excluding tert-OH is 2. The second kappa shape index (κ2) is 65.5. The van der Waals surface area contributed by atoms with Gasteiger partial charge >= 0.3 is 11.9 Å². The number of ketones is 2. The fourth-order valence-corrected chi connectivity index (χ4v) is 11.0. The minimum absolute atomic E-state index is 0. The van der Waals surface area contributed by atoms with Crippen LogP contribution in [0.1, 0.15) is 158 Å². The highest BCUT2D eigenvalue weighted by molar-refractivity contribution is 6.39. The maximum absolute atomic E-state index is 14.3. The molecule has 3 heterocycles. The van der Waals surface area contributed by atoms with Gasteiger partial charge in [-0.15, -0.1) is 6.42 Å². The number of carbonyl (C=O) groups is 5. The number of aliphatic hydroxyl groups is 3. The number of nitrogens with one attached hydrogen (secondary N) is 1. The number of methoxy groups -OCH3 is 3. The van der Waals surface area contributed by atoms with Crippen molar-refractivity contribution in [2.24, 2.45) is 29.6 Å². The summed E-state index contributed by atoms with van der Waals surface area (Å²) >= 11 is 0. The number of rotatable bonds is 20. The van der Waals surface area contributed by atoms with Crippen molar-refractivity contribution in [2.45, 2.75) is 167 Å². The highest BCUT2D eigenvalue weighted by Crippen LogP contribution is 2.39. The van der Waals surface area contributed by atoms with Gasteiger partial charge in [-0.05, 0) is 253 Å². The summed E-state index contributed by atoms with van der Waals surface area (Å²) in [7, 11) is 4.52. The first-order valence-corrected chi connectivity index (χ1v) is 35.3. The molecule has 0 radical (unpaired) electrons. The number of carbonyl (C=O) groups excluding carboxylic acids is 4. The largest absolute Gasteiger partial charge is 0.478 e. The third-order valence-electron chi connectivity index (χ3n) is 16.2. The molecule has 1 amide bonds. The molecule has 1 saturated carbocycles. The van der Waals surface area contributed by atoms with Crippen molar-refractivity contribution >= 4 is 29.4 Å². The van der Waals surface area contributed by atoms with Crippen LogP contribution in [-0.4, -0.2) is 148 Å². The van der Waals surface area contributed by atoms with Crippen LogP contribution in [0, 0.1) is 291 Å². The first-order valence-electron chi connectivity index (χ1n) is 35.3. The van der Waals surface area contributed by atoms with Crippen molar-refractivity contribution in [2.75, 3.05) is 27.9 Å². The second-order valence-electron chi connectivity index (χ2n) is 24.2. The van der Waals surface area contributed by atoms with Crippen LogP contribution in [0.25, 0.3) is 0 Å². The van der Waals surface area contributed by atoms with E-state index < -0.39 is 95.9 Å². The molecule has 678 valence electrons. The summed E-state index contributed by atoms with van der Waals surface area (Å²) < 4.78 is 29.7. The van der Waals surface area contributed by atoms with Gasteiger partial charge < -0.3 is 49.0 Å². The Morgan fingerprint density at radius 1 is 0.575 bits per heavy atom. The highest BCUT2D eigenvalue weighted by atomic mass is 17.9. The van der Waals surface area contributed by atoms with Gasteiger partial charge in [0.05, 0.1) is 30.5 Å². The molecule has 4 aliphatic rings. The maximum Gasteiger partial charge on any atom is 0.329 e. The molecule has 0 aromatic carbocycles. The zero-order valence-electron chi connectivity index (χ0n) is 66.0. The van der Waals surface area contributed by atoms with Crippen molar-refractivity contribution in [3.05, 3.63) is 35.5 Å². The van der Waals surface area contributed by atoms with Crippen molar-refractivity contribution in [3.8, 4) is 261 Å². The molecule has 7 N–H and O–H groups in total. The molecule has 120 heavy (non-hydrogen) atoms. The Kier molecular flexibility index (Phi) is 56.0. The van der Waals surface area contributed by atoms with E-state index in [1.165, 1.54) is 33.0 Å². The highest BCUT2D eigenvalue weighted by Gasteiger charge is 2.57. The van der Waals surface area contributed by atoms with E-state index in [-0.39, 0.29) is 95.5 Å². The van der Waals surface area contributed by atoms with Gasteiger partial charge in [-0.1, -0.05) is 60.5 Å². The van der Waals surface area contributed by atoms with Crippen LogP contribution >= 0.6 is 0 Å². The number of carboxylic acid groups (broad SMARTS) is 1. The van der Waals surface area contributed by atoms with Crippen LogP contribution in [0.5, 0.6) is 0 Å². The molecular formula is C90H140N2O28. The van der Waals surface area contributed by atoms with Crippen LogP contribution in [-0.2, 0) is 108 Å². The molecule has 0 unspecified atom stereocenters. The smallest absolute Gasteiger partial charge is 0.329 e. The predicted molar refractivity (Wildman–Crippen MR) is 486 cm³/mol. The van der Waals surface area contributed by atoms with E-state index in [1.54, 1.807) is 33.8 Å². The number of ether oxygens (including phenoxy) is 5. The second-order valence-corrected chi connectivity index (χ2v) is 24.2. The monoisotopic (exact) mass is 1700 g/mol. The maximum atomic E-state index is 14.3. The van der Waals surface area contributed by atoms with E-state index in [0.717, 1.165) is 16.5 Å². The number of esters is 1. The van der Waals surface area contributed by atoms with Gasteiger partial charge in [-0.2, -0.15) is 0 Å². The Morgan fingerprint density at radius 3 is 1.42 bits per heavy atom. The predicted octanol–water partition coefficient (Wildman–Crippen LogP) is 11.4. The molecule has 30 nitrogen and oxygen atoms in total. The number of hydrogen-bond donors (Lipinski definition) is 7. The standard InChI is InChI=1S/C45H69NO14.C45H4.H3NO14.32H2/c1-25-18-26(2)20-37(57-7)41-38(58-8)22-28(4)45(55,60-41)42(52)43(53)46-17-10-9-13-32(46)44(54)59-40(27(3)21-30-15-16-33(47)36(23-30)56-6)29(5)34(48)24-35(49)31(19-25)12-11-14-39(50)51;1-3-5-7-9-11-13-15-17-19-21-23-25-27-29-31-33-35-37-39-41-43-45-44-42-40-38-36-34-32-30-28-26-24-22-20-18-16-14-12-10-8-6-4-2;2-6-10-14-12-8-4-1-5-9-13-15-11-7-3;;;;;;;;;;;;;;;;;;;;;;;;;;;;;;;;/h11,14,19,21,26,28-34,36-38,40-41,47-48,55H,9-10,12-13,15-18,20,22-24H2,1-8H3,(H,50,51);1H,2H3;1-3H;32*1H/b14-11+,25-19+,27-21+;;;;;;;;;;;;;;;;;;;;;;;;;;;;;;;;;;/t26-,28+,29+,30-,31+,32-,33+,34-,36+,37-,38-,40+,41+,45+;;;;;;;;;;;;;;;;;;;;;;;;;;;;;;;;;;/m0................................../s1. The van der Waals surface area contributed by atoms with Crippen LogP contribution in [0.4, 0.5) is 0 Å². The van der Waals surface area contributed by atoms with Crippen molar-refractivity contribution in [1.82, 2.24) is 10.5 Å². The third-order valence-corrected chi connectivity index (χ3v) is 16.2. The number of hydrogen-bond acceptors (Lipinski definition) is 28. The average Bonchev–Trinajstić information content (AvgIpc) is 0.776. The summed E-state index contributed by atoms with van der Waals surface area (Å²) in [6.07, 6.45) is 9.10. The minimum atomic E-state index is -2.55. The summed E-state index contributed by atoms with van der Waals surface area (Å²) in [4.78, 5) is 76.7. The molecule has 3 fully saturated rings. The summed E-state index contributed by atoms with van der Waals surface area (Å²) in [5, 5.41) is 91.3. The topological polar surface area (TPSA) is 379 Å². The van der Waals surface area contributed by atoms with E-state index >= 15 is 0 Å². The van der Waals surface area contributed by atoms with Gasteiger partial charge in [0.25, 0.3) is 11.7 Å².